The summed E-state index contributed by atoms with van der Waals surface area (Å²) < 4.78 is 7.12. The molecule has 0 fully saturated rings. The van der Waals surface area contributed by atoms with Gasteiger partial charge in [0.25, 0.3) is 0 Å². The average molecular weight is 168 g/mol. The van der Waals surface area contributed by atoms with E-state index < -0.39 is 5.97 Å². The van der Waals surface area contributed by atoms with Crippen molar-refractivity contribution in [3.05, 3.63) is 12.2 Å². The minimum absolute atomic E-state index is 0.176. The molecule has 0 aliphatic carbocycles. The molecule has 4 heteroatoms. The standard InChI is InChI=1S/C4H6O2.H2O.Zn/c1-3(2)4(5)6;;/h1H2,2H3,(H,5,6);1H2;/q;;+1/p-1. The zero-order valence-corrected chi connectivity index (χ0v) is 7.68. The van der Waals surface area contributed by atoms with Crippen molar-refractivity contribution in [2.24, 2.45) is 0 Å². The van der Waals surface area contributed by atoms with Crippen LogP contribution in [0.5, 0.6) is 0 Å². The van der Waals surface area contributed by atoms with E-state index in [2.05, 4.69) is 6.58 Å². The van der Waals surface area contributed by atoms with Crippen LogP contribution in [-0.2, 0) is 23.5 Å². The Balaban J connectivity index is 0. The molecule has 3 nitrogen and oxygen atoms in total. The second-order valence-corrected chi connectivity index (χ2v) is 1.09. The molecule has 0 unspecified atom stereocenters. The van der Waals surface area contributed by atoms with Gasteiger partial charge >= 0.3 is 28.6 Å². The van der Waals surface area contributed by atoms with E-state index in [0.717, 1.165) is 0 Å². The van der Waals surface area contributed by atoms with Gasteiger partial charge in [-0.15, -0.1) is 0 Å². The Morgan fingerprint density at radius 1 is 1.62 bits per heavy atom. The Morgan fingerprint density at radius 2 is 1.75 bits per heavy atom. The molecule has 2 N–H and O–H groups in total. The Kier molecular flexibility index (Phi) is 9.10. The molecule has 0 spiro atoms. The van der Waals surface area contributed by atoms with Gasteiger partial charge in [0.1, 0.15) is 0 Å². The van der Waals surface area contributed by atoms with Crippen molar-refractivity contribution in [3.8, 4) is 0 Å². The molecule has 0 aromatic rings. The first kappa shape index (κ1) is 10.7. The van der Waals surface area contributed by atoms with Crippen LogP contribution in [0.4, 0.5) is 0 Å². The van der Waals surface area contributed by atoms with Crippen LogP contribution in [0.25, 0.3) is 0 Å². The van der Waals surface area contributed by atoms with E-state index in [4.69, 9.17) is 9.04 Å². The van der Waals surface area contributed by atoms with E-state index in [0.29, 0.717) is 18.7 Å². The van der Waals surface area contributed by atoms with Crippen molar-refractivity contribution < 1.29 is 32.5 Å². The third-order valence-corrected chi connectivity index (χ3v) is 0.365. The number of aliphatic carboxylic acids is 1. The van der Waals surface area contributed by atoms with E-state index in [1.807, 2.05) is 0 Å². The molecule has 0 aromatic heterocycles. The molecule has 0 aliphatic heterocycles. The monoisotopic (exact) mass is 167 g/mol. The maximum atomic E-state index is 9.60. The summed E-state index contributed by atoms with van der Waals surface area (Å²) in [4.78, 5) is 9.60. The van der Waals surface area contributed by atoms with Crippen molar-refractivity contribution in [1.82, 2.24) is 0 Å². The van der Waals surface area contributed by atoms with E-state index in [-0.39, 0.29) is 5.57 Å². The predicted molar refractivity (Wildman–Crippen MR) is 24.7 cm³/mol. The Hall–Kier alpha value is -0.207. The fourth-order valence-corrected chi connectivity index (χ4v) is 0. The zero-order valence-electron chi connectivity index (χ0n) is 4.72. The van der Waals surface area contributed by atoms with Gasteiger partial charge in [0.2, 0.25) is 0 Å². The molecular weight excluding hydrogens is 161 g/mol. The summed E-state index contributed by atoms with van der Waals surface area (Å²) in [5, 5.41) is 7.89. The van der Waals surface area contributed by atoms with E-state index in [1.54, 1.807) is 0 Å². The Labute approximate surface area is 58.1 Å². The molecule has 43 valence electrons. The molecule has 0 aromatic carbocycles. The summed E-state index contributed by atoms with van der Waals surface area (Å²) in [6.07, 6.45) is 0. The summed E-state index contributed by atoms with van der Waals surface area (Å²) in [5.41, 5.74) is 0.176. The number of carbonyl (C=O) groups is 1. The second-order valence-electron chi connectivity index (χ2n) is 1.09. The van der Waals surface area contributed by atoms with E-state index >= 15 is 0 Å². The van der Waals surface area contributed by atoms with Crippen LogP contribution in [0.15, 0.2) is 12.2 Å². The third-order valence-electron chi connectivity index (χ3n) is 0.365. The summed E-state index contributed by atoms with van der Waals surface area (Å²) >= 11 is 0.375. The molecule has 0 bridgehead atoms. The van der Waals surface area contributed by atoms with Gasteiger partial charge in [-0.1, -0.05) is 6.58 Å². The van der Waals surface area contributed by atoms with Crippen LogP contribution in [-0.4, -0.2) is 15.0 Å². The molecule has 0 radical (unpaired) electrons. The molecule has 0 heterocycles. The Bertz CT molecular complexity index is 77.3. The SMILES string of the molecule is C=C(C)C(=O)O.[OH][Zn]. The van der Waals surface area contributed by atoms with Gasteiger partial charge in [0, 0.05) is 5.57 Å². The van der Waals surface area contributed by atoms with Crippen molar-refractivity contribution in [2.45, 2.75) is 6.92 Å². The molecule has 0 atom stereocenters. The summed E-state index contributed by atoms with van der Waals surface area (Å²) in [7, 11) is 0. The molecule has 8 heavy (non-hydrogen) atoms. The summed E-state index contributed by atoms with van der Waals surface area (Å²) in [6.45, 7) is 4.60. The van der Waals surface area contributed by atoms with Gasteiger partial charge in [0.05, 0.1) is 0 Å². The summed E-state index contributed by atoms with van der Waals surface area (Å²) in [6, 6.07) is 0. The number of carboxylic acids is 1. The van der Waals surface area contributed by atoms with Crippen molar-refractivity contribution in [2.75, 3.05) is 0 Å². The quantitative estimate of drug-likeness (QED) is 0.431. The van der Waals surface area contributed by atoms with Crippen molar-refractivity contribution in [1.29, 1.82) is 0 Å². The average Bonchev–Trinajstić information content (AvgIpc) is 1.72. The van der Waals surface area contributed by atoms with Crippen LogP contribution in [0.3, 0.4) is 0 Å². The second kappa shape index (κ2) is 6.79. The molecule has 0 aliphatic rings. The number of hydrogen-bond donors (Lipinski definition) is 2. The van der Waals surface area contributed by atoms with Crippen molar-refractivity contribution >= 4 is 5.97 Å². The molecule has 0 saturated carbocycles. The molecule has 0 rings (SSSR count). The fraction of sp³-hybridized carbons (Fsp3) is 0.250. The summed E-state index contributed by atoms with van der Waals surface area (Å²) in [5.74, 6) is -0.935. The van der Waals surface area contributed by atoms with Gasteiger partial charge in [0.15, 0.2) is 0 Å². The van der Waals surface area contributed by atoms with E-state index in [1.165, 1.54) is 6.92 Å². The first-order valence-electron chi connectivity index (χ1n) is 1.85. The number of hydrogen-bond acceptors (Lipinski definition) is 2. The van der Waals surface area contributed by atoms with Crippen LogP contribution < -0.4 is 0 Å². The van der Waals surface area contributed by atoms with Gasteiger partial charge in [-0.2, -0.15) is 0 Å². The zero-order chi connectivity index (χ0) is 7.15. The number of carboxylic acid groups (broad SMARTS) is 1. The van der Waals surface area contributed by atoms with Crippen LogP contribution in [0.2, 0.25) is 0 Å². The topological polar surface area (TPSA) is 57.5 Å². The van der Waals surface area contributed by atoms with Gasteiger partial charge in [-0.25, -0.2) is 4.79 Å². The van der Waals surface area contributed by atoms with Crippen LogP contribution in [0, 0.1) is 0 Å². The first-order chi connectivity index (χ1) is 3.64. The van der Waals surface area contributed by atoms with Gasteiger partial charge in [-0.3, -0.25) is 0 Å². The first-order valence-corrected chi connectivity index (χ1v) is 3.17. The maximum absolute atomic E-state index is 9.60. The minimum atomic E-state index is -0.935. The number of rotatable bonds is 1. The molecule has 0 amide bonds. The van der Waals surface area contributed by atoms with E-state index in [9.17, 15) is 4.79 Å². The van der Waals surface area contributed by atoms with Gasteiger partial charge < -0.3 is 5.11 Å². The molecular formula is C4H7O3Zn. The third kappa shape index (κ3) is 9.25. The fourth-order valence-electron chi connectivity index (χ4n) is 0. The van der Waals surface area contributed by atoms with Crippen LogP contribution >= 0.6 is 0 Å². The van der Waals surface area contributed by atoms with Gasteiger partial charge in [-0.05, 0) is 6.92 Å². The van der Waals surface area contributed by atoms with Crippen LogP contribution in [0.1, 0.15) is 6.92 Å². The normalized spacial score (nSPS) is 6.50. The Morgan fingerprint density at radius 3 is 1.75 bits per heavy atom. The van der Waals surface area contributed by atoms with Crippen molar-refractivity contribution in [3.63, 3.8) is 0 Å². The molecule has 0 saturated heterocycles. The predicted octanol–water partition coefficient (Wildman–Crippen LogP) is 0.0876.